The molecule has 0 heterocycles. The van der Waals surface area contributed by atoms with E-state index in [0.717, 1.165) is 0 Å². The normalized spacial score (nSPS) is 10.4. The Bertz CT molecular complexity index is 552. The second-order valence-electron chi connectivity index (χ2n) is 4.90. The first-order valence-electron chi connectivity index (χ1n) is 6.93. The second kappa shape index (κ2) is 6.88. The van der Waals surface area contributed by atoms with Gasteiger partial charge in [0, 0.05) is 16.7 Å². The van der Waals surface area contributed by atoms with Crippen molar-refractivity contribution >= 4 is 17.7 Å². The van der Waals surface area contributed by atoms with Crippen molar-refractivity contribution in [3.63, 3.8) is 0 Å². The van der Waals surface area contributed by atoms with E-state index in [1.165, 1.54) is 6.07 Å². The zero-order valence-electron chi connectivity index (χ0n) is 12.4. The van der Waals surface area contributed by atoms with Crippen molar-refractivity contribution in [1.82, 2.24) is 0 Å². The molecule has 1 aromatic carbocycles. The predicted molar refractivity (Wildman–Crippen MR) is 80.0 cm³/mol. The fraction of sp³-hybridized carbons (Fsp3) is 0.400. The average molecular weight is 291 g/mol. The molecule has 0 aliphatic rings. The first-order chi connectivity index (χ1) is 9.84. The van der Waals surface area contributed by atoms with Crippen LogP contribution in [0.25, 0.3) is 0 Å². The summed E-state index contributed by atoms with van der Waals surface area (Å²) in [6, 6.07) is 1.38. The number of benzene rings is 1. The SMILES string of the molecule is CCCc1c(C(N)=O)cc(C(N)=O)c(CCC)c1C(N)=O. The first-order valence-corrected chi connectivity index (χ1v) is 6.93. The zero-order valence-corrected chi connectivity index (χ0v) is 12.4. The first kappa shape index (κ1) is 16.7. The molecule has 0 spiro atoms. The van der Waals surface area contributed by atoms with Crippen LogP contribution < -0.4 is 17.2 Å². The minimum Gasteiger partial charge on any atom is -0.366 e. The summed E-state index contributed by atoms with van der Waals surface area (Å²) in [6.45, 7) is 3.83. The molecular weight excluding hydrogens is 270 g/mol. The minimum atomic E-state index is -0.702. The second-order valence-corrected chi connectivity index (χ2v) is 4.90. The molecule has 6 heteroatoms. The van der Waals surface area contributed by atoms with Crippen LogP contribution in [0.1, 0.15) is 68.9 Å². The molecule has 0 fully saturated rings. The van der Waals surface area contributed by atoms with Crippen LogP contribution in [0.4, 0.5) is 0 Å². The molecule has 1 rings (SSSR count). The highest BCUT2D eigenvalue weighted by atomic mass is 16.2. The van der Waals surface area contributed by atoms with Crippen LogP contribution in [0.5, 0.6) is 0 Å². The molecule has 0 atom stereocenters. The van der Waals surface area contributed by atoms with Crippen LogP contribution in [0.3, 0.4) is 0 Å². The van der Waals surface area contributed by atoms with Gasteiger partial charge >= 0.3 is 0 Å². The van der Waals surface area contributed by atoms with Crippen LogP contribution >= 0.6 is 0 Å². The fourth-order valence-electron chi connectivity index (χ4n) is 2.53. The van der Waals surface area contributed by atoms with Gasteiger partial charge in [-0.25, -0.2) is 0 Å². The lowest BCUT2D eigenvalue weighted by molar-refractivity contribution is 0.0998. The van der Waals surface area contributed by atoms with E-state index in [1.807, 2.05) is 13.8 Å². The lowest BCUT2D eigenvalue weighted by Crippen LogP contribution is -2.26. The van der Waals surface area contributed by atoms with Crippen molar-refractivity contribution in [2.24, 2.45) is 17.2 Å². The lowest BCUT2D eigenvalue weighted by Gasteiger charge is -2.18. The molecule has 0 bridgehead atoms. The Balaban J connectivity index is 3.83. The number of hydrogen-bond acceptors (Lipinski definition) is 3. The molecule has 0 unspecified atom stereocenters. The Hall–Kier alpha value is -2.37. The van der Waals surface area contributed by atoms with Gasteiger partial charge in [-0.15, -0.1) is 0 Å². The van der Waals surface area contributed by atoms with E-state index >= 15 is 0 Å². The molecule has 0 aromatic heterocycles. The van der Waals surface area contributed by atoms with Crippen molar-refractivity contribution in [3.8, 4) is 0 Å². The molecule has 0 saturated carbocycles. The van der Waals surface area contributed by atoms with Crippen molar-refractivity contribution < 1.29 is 14.4 Å². The Morgan fingerprint density at radius 1 is 0.810 bits per heavy atom. The molecule has 6 N–H and O–H groups in total. The molecule has 3 amide bonds. The third-order valence-corrected chi connectivity index (χ3v) is 3.32. The van der Waals surface area contributed by atoms with Crippen molar-refractivity contribution in [3.05, 3.63) is 33.9 Å². The zero-order chi connectivity index (χ0) is 16.2. The number of rotatable bonds is 7. The number of carbonyl (C=O) groups is 3. The van der Waals surface area contributed by atoms with Gasteiger partial charge < -0.3 is 17.2 Å². The Morgan fingerprint density at radius 3 is 1.43 bits per heavy atom. The van der Waals surface area contributed by atoms with E-state index < -0.39 is 17.7 Å². The van der Waals surface area contributed by atoms with Crippen molar-refractivity contribution in [2.75, 3.05) is 0 Å². The van der Waals surface area contributed by atoms with E-state index in [0.29, 0.717) is 36.8 Å². The highest BCUT2D eigenvalue weighted by molar-refractivity contribution is 6.07. The highest BCUT2D eigenvalue weighted by Crippen LogP contribution is 2.26. The van der Waals surface area contributed by atoms with Crippen LogP contribution in [0, 0.1) is 0 Å². The maximum Gasteiger partial charge on any atom is 0.249 e. The summed E-state index contributed by atoms with van der Waals surface area (Å²) in [5, 5.41) is 0. The maximum atomic E-state index is 11.9. The standard InChI is InChI=1S/C15H21N3O3/c1-3-5-8-10(13(16)19)7-11(14(17)20)9(6-4-2)12(8)15(18)21/h7H,3-6H2,1-2H3,(H2,16,19)(H2,17,20)(H2,18,21). The summed E-state index contributed by atoms with van der Waals surface area (Å²) in [6.07, 6.45) is 2.38. The molecule has 0 aliphatic heterocycles. The topological polar surface area (TPSA) is 129 Å². The molecule has 1 aromatic rings. The van der Waals surface area contributed by atoms with Crippen LogP contribution in [0.15, 0.2) is 6.07 Å². The molecule has 0 radical (unpaired) electrons. The smallest absolute Gasteiger partial charge is 0.249 e. The van der Waals surface area contributed by atoms with Crippen LogP contribution in [0.2, 0.25) is 0 Å². The van der Waals surface area contributed by atoms with Gasteiger partial charge in [-0.1, -0.05) is 26.7 Å². The third-order valence-electron chi connectivity index (χ3n) is 3.32. The van der Waals surface area contributed by atoms with Gasteiger partial charge in [0.1, 0.15) is 0 Å². The summed E-state index contributed by atoms with van der Waals surface area (Å²) in [5.74, 6) is -2.08. The maximum absolute atomic E-state index is 11.9. The van der Waals surface area contributed by atoms with Crippen molar-refractivity contribution in [2.45, 2.75) is 39.5 Å². The largest absolute Gasteiger partial charge is 0.366 e. The summed E-state index contributed by atoms with van der Waals surface area (Å²) < 4.78 is 0. The van der Waals surface area contributed by atoms with Gasteiger partial charge in [0.25, 0.3) is 0 Å². The number of carbonyl (C=O) groups excluding carboxylic acids is 3. The Labute approximate surface area is 123 Å². The molecule has 6 nitrogen and oxygen atoms in total. The number of nitrogens with two attached hydrogens (primary N) is 3. The van der Waals surface area contributed by atoms with E-state index in [4.69, 9.17) is 17.2 Å². The molecule has 0 aliphatic carbocycles. The molecule has 114 valence electrons. The fourth-order valence-corrected chi connectivity index (χ4v) is 2.53. The quantitative estimate of drug-likeness (QED) is 0.689. The van der Waals surface area contributed by atoms with Crippen molar-refractivity contribution in [1.29, 1.82) is 0 Å². The average Bonchev–Trinajstić information content (AvgIpc) is 2.38. The Morgan fingerprint density at radius 2 is 1.19 bits per heavy atom. The van der Waals surface area contributed by atoms with E-state index in [2.05, 4.69) is 0 Å². The van der Waals surface area contributed by atoms with E-state index in [1.54, 1.807) is 0 Å². The van der Waals surface area contributed by atoms with E-state index in [-0.39, 0.29) is 16.7 Å². The lowest BCUT2D eigenvalue weighted by atomic mass is 9.86. The van der Waals surface area contributed by atoms with Crippen LogP contribution in [-0.2, 0) is 12.8 Å². The monoisotopic (exact) mass is 291 g/mol. The van der Waals surface area contributed by atoms with Gasteiger partial charge in [-0.3, -0.25) is 14.4 Å². The summed E-state index contributed by atoms with van der Waals surface area (Å²) in [4.78, 5) is 35.1. The van der Waals surface area contributed by atoms with Gasteiger partial charge in [0.15, 0.2) is 0 Å². The minimum absolute atomic E-state index is 0.138. The van der Waals surface area contributed by atoms with Gasteiger partial charge in [-0.2, -0.15) is 0 Å². The van der Waals surface area contributed by atoms with Crippen LogP contribution in [-0.4, -0.2) is 17.7 Å². The number of primary amides is 3. The Kier molecular flexibility index (Phi) is 5.46. The predicted octanol–water partition coefficient (Wildman–Crippen LogP) is 0.888. The number of hydrogen-bond donors (Lipinski definition) is 3. The van der Waals surface area contributed by atoms with E-state index in [9.17, 15) is 14.4 Å². The summed E-state index contributed by atoms with van der Waals surface area (Å²) >= 11 is 0. The number of amides is 3. The summed E-state index contributed by atoms with van der Waals surface area (Å²) in [7, 11) is 0. The van der Waals surface area contributed by atoms with Gasteiger partial charge in [0.05, 0.1) is 0 Å². The molecule has 21 heavy (non-hydrogen) atoms. The molecular formula is C15H21N3O3. The third kappa shape index (κ3) is 3.39. The molecule has 0 saturated heterocycles. The highest BCUT2D eigenvalue weighted by Gasteiger charge is 2.24. The van der Waals surface area contributed by atoms with Gasteiger partial charge in [0.2, 0.25) is 17.7 Å². The van der Waals surface area contributed by atoms with Gasteiger partial charge in [-0.05, 0) is 30.0 Å². The summed E-state index contributed by atoms with van der Waals surface area (Å²) in [5.41, 5.74) is 17.7.